The third kappa shape index (κ3) is 4.25. The fraction of sp³-hybridized carbons (Fsp3) is 0.346. The van der Waals surface area contributed by atoms with Crippen LogP contribution in [0.2, 0.25) is 0 Å². The van der Waals surface area contributed by atoms with Gasteiger partial charge in [0.25, 0.3) is 0 Å². The third-order valence-electron chi connectivity index (χ3n) is 6.55. The molecular weight excluding hydrogens is 406 g/mol. The maximum absolute atomic E-state index is 10.6. The van der Waals surface area contributed by atoms with E-state index in [1.165, 1.54) is 21.6 Å². The van der Waals surface area contributed by atoms with E-state index in [9.17, 15) is 4.79 Å². The lowest BCUT2D eigenvalue weighted by Crippen LogP contribution is -2.43. The Morgan fingerprint density at radius 1 is 1.06 bits per heavy atom. The van der Waals surface area contributed by atoms with Crippen molar-refractivity contribution in [2.24, 2.45) is 0 Å². The zero-order chi connectivity index (χ0) is 21.1. The summed E-state index contributed by atoms with van der Waals surface area (Å²) in [6.45, 7) is 4.23. The van der Waals surface area contributed by atoms with Gasteiger partial charge in [0, 0.05) is 34.9 Å². The molecule has 1 aromatic heterocycles. The van der Waals surface area contributed by atoms with Crippen molar-refractivity contribution in [3.63, 3.8) is 0 Å². The van der Waals surface area contributed by atoms with Crippen LogP contribution in [-0.4, -0.2) is 37.4 Å². The molecule has 1 saturated heterocycles. The number of hydrogen-bond acceptors (Lipinski definition) is 5. The number of rotatable bonds is 7. The van der Waals surface area contributed by atoms with E-state index in [1.54, 1.807) is 11.3 Å². The molecule has 0 unspecified atom stereocenters. The zero-order valence-electron chi connectivity index (χ0n) is 17.6. The largest absolute Gasteiger partial charge is 0.492 e. The van der Waals surface area contributed by atoms with E-state index in [4.69, 9.17) is 9.47 Å². The maximum Gasteiger partial charge on any atom is 0.126 e. The van der Waals surface area contributed by atoms with E-state index < -0.39 is 0 Å². The molecule has 3 heterocycles. The Labute approximate surface area is 187 Å². The number of ether oxygens (including phenoxy) is 2. The van der Waals surface area contributed by atoms with Crippen molar-refractivity contribution >= 4 is 17.6 Å². The van der Waals surface area contributed by atoms with Gasteiger partial charge in [0.2, 0.25) is 0 Å². The molecule has 31 heavy (non-hydrogen) atoms. The van der Waals surface area contributed by atoms with Gasteiger partial charge in [-0.05, 0) is 54.6 Å². The van der Waals surface area contributed by atoms with Gasteiger partial charge in [-0.25, -0.2) is 0 Å². The van der Waals surface area contributed by atoms with Crippen LogP contribution in [0.4, 0.5) is 0 Å². The van der Waals surface area contributed by atoms with E-state index in [2.05, 4.69) is 58.8 Å². The van der Waals surface area contributed by atoms with Gasteiger partial charge in [0.1, 0.15) is 24.4 Å². The molecule has 5 heteroatoms. The third-order valence-corrected chi connectivity index (χ3v) is 7.46. The minimum atomic E-state index is 0.115. The Morgan fingerprint density at radius 3 is 2.71 bits per heavy atom. The van der Waals surface area contributed by atoms with Crippen molar-refractivity contribution in [1.82, 2.24) is 4.90 Å². The van der Waals surface area contributed by atoms with Crippen LogP contribution in [0.5, 0.6) is 11.5 Å². The summed E-state index contributed by atoms with van der Waals surface area (Å²) in [6, 6.07) is 19.0. The van der Waals surface area contributed by atoms with E-state index in [-0.39, 0.29) is 5.41 Å². The first kappa shape index (κ1) is 20.3. The number of piperidine rings is 1. The molecule has 0 aliphatic carbocycles. The van der Waals surface area contributed by atoms with Crippen LogP contribution < -0.4 is 9.47 Å². The Hall–Kier alpha value is -2.63. The topological polar surface area (TPSA) is 38.8 Å². The average Bonchev–Trinajstić information content (AvgIpc) is 3.43. The van der Waals surface area contributed by atoms with Gasteiger partial charge in [-0.3, -0.25) is 0 Å². The second kappa shape index (κ2) is 8.85. The minimum Gasteiger partial charge on any atom is -0.492 e. The molecule has 5 rings (SSSR count). The first-order valence-corrected chi connectivity index (χ1v) is 11.8. The molecule has 0 atom stereocenters. The summed E-state index contributed by atoms with van der Waals surface area (Å²) < 4.78 is 12.2. The predicted molar refractivity (Wildman–Crippen MR) is 124 cm³/mol. The molecular formula is C26H27NO3S. The number of aldehydes is 1. The molecule has 0 radical (unpaired) electrons. The molecule has 2 aliphatic rings. The van der Waals surface area contributed by atoms with E-state index in [0.717, 1.165) is 56.9 Å². The van der Waals surface area contributed by atoms with Crippen molar-refractivity contribution in [2.45, 2.75) is 31.3 Å². The number of nitrogens with zero attached hydrogens (tertiary/aromatic N) is 1. The van der Waals surface area contributed by atoms with E-state index in [1.807, 2.05) is 6.07 Å². The van der Waals surface area contributed by atoms with Gasteiger partial charge in [-0.15, -0.1) is 11.3 Å². The molecule has 0 bridgehead atoms. The number of carbonyl (C=O) groups is 1. The van der Waals surface area contributed by atoms with Crippen LogP contribution in [0, 0.1) is 0 Å². The summed E-state index contributed by atoms with van der Waals surface area (Å²) in [6.07, 6.45) is 3.80. The number of likely N-dealkylation sites (tertiary alicyclic amines) is 1. The quantitative estimate of drug-likeness (QED) is 0.474. The summed E-state index contributed by atoms with van der Waals surface area (Å²) >= 11 is 1.73. The van der Waals surface area contributed by atoms with Crippen molar-refractivity contribution in [3.05, 3.63) is 70.4 Å². The molecule has 0 saturated carbocycles. The van der Waals surface area contributed by atoms with Gasteiger partial charge >= 0.3 is 0 Å². The second-order valence-electron chi connectivity index (χ2n) is 8.48. The monoisotopic (exact) mass is 433 g/mol. The van der Waals surface area contributed by atoms with Gasteiger partial charge in [0.05, 0.1) is 6.61 Å². The van der Waals surface area contributed by atoms with Crippen molar-refractivity contribution in [2.75, 3.05) is 26.2 Å². The highest BCUT2D eigenvalue weighted by atomic mass is 32.1. The molecule has 1 fully saturated rings. The number of carbonyl (C=O) groups excluding carboxylic acids is 1. The fourth-order valence-corrected chi connectivity index (χ4v) is 5.49. The summed E-state index contributed by atoms with van der Waals surface area (Å²) in [5.41, 5.74) is 3.91. The lowest BCUT2D eigenvalue weighted by molar-refractivity contribution is -0.108. The van der Waals surface area contributed by atoms with Gasteiger partial charge in [-0.1, -0.05) is 36.4 Å². The summed E-state index contributed by atoms with van der Waals surface area (Å²) in [7, 11) is 0. The molecule has 4 nitrogen and oxygen atoms in total. The molecule has 2 aliphatic heterocycles. The van der Waals surface area contributed by atoms with Crippen LogP contribution in [0.3, 0.4) is 0 Å². The first-order chi connectivity index (χ1) is 15.3. The summed E-state index contributed by atoms with van der Waals surface area (Å²) in [4.78, 5) is 14.2. The lowest BCUT2D eigenvalue weighted by atomic mass is 9.74. The van der Waals surface area contributed by atoms with Crippen LogP contribution in [0.1, 0.15) is 29.7 Å². The first-order valence-electron chi connectivity index (χ1n) is 10.9. The van der Waals surface area contributed by atoms with Crippen LogP contribution in [-0.2, 0) is 16.8 Å². The van der Waals surface area contributed by atoms with Crippen LogP contribution >= 0.6 is 11.3 Å². The minimum absolute atomic E-state index is 0.115. The van der Waals surface area contributed by atoms with Crippen molar-refractivity contribution in [3.8, 4) is 22.6 Å². The highest BCUT2D eigenvalue weighted by Crippen LogP contribution is 2.46. The summed E-state index contributed by atoms with van der Waals surface area (Å²) in [5.74, 6) is 1.82. The number of hydrogen-bond donors (Lipinski definition) is 0. The highest BCUT2D eigenvalue weighted by Gasteiger charge is 2.43. The fourth-order valence-electron chi connectivity index (χ4n) is 4.69. The number of thiophene rings is 1. The normalized spacial score (nSPS) is 17.3. The van der Waals surface area contributed by atoms with E-state index >= 15 is 0 Å². The Balaban J connectivity index is 1.22. The molecule has 2 aromatic carbocycles. The molecule has 1 spiro atoms. The average molecular weight is 434 g/mol. The second-order valence-corrected chi connectivity index (χ2v) is 9.48. The molecule has 160 valence electrons. The van der Waals surface area contributed by atoms with Gasteiger partial charge in [0.15, 0.2) is 0 Å². The molecule has 0 amide bonds. The Morgan fingerprint density at radius 2 is 1.90 bits per heavy atom. The summed E-state index contributed by atoms with van der Waals surface area (Å²) in [5, 5.41) is 2.19. The van der Waals surface area contributed by atoms with Crippen molar-refractivity contribution < 1.29 is 14.3 Å². The van der Waals surface area contributed by atoms with Gasteiger partial charge in [-0.2, -0.15) is 0 Å². The number of fused-ring (bicyclic) bond motifs is 2. The van der Waals surface area contributed by atoms with Crippen LogP contribution in [0.15, 0.2) is 60.0 Å². The standard InChI is InChI=1S/C26H27NO3S/c28-14-4-11-27-12-9-26(10-13-27)19-30-25-16-22(7-8-24(25)26)29-17-23-15-21(18-31-23)20-5-2-1-3-6-20/h1-3,5-8,14-16,18H,4,9-13,17,19H2. The molecule has 3 aromatic rings. The number of benzene rings is 2. The lowest BCUT2D eigenvalue weighted by Gasteiger charge is -2.38. The van der Waals surface area contributed by atoms with Crippen molar-refractivity contribution in [1.29, 1.82) is 0 Å². The van der Waals surface area contributed by atoms with E-state index in [0.29, 0.717) is 13.0 Å². The Kier molecular flexibility index (Phi) is 5.79. The zero-order valence-corrected chi connectivity index (χ0v) is 18.4. The maximum atomic E-state index is 10.6. The highest BCUT2D eigenvalue weighted by molar-refractivity contribution is 7.10. The van der Waals surface area contributed by atoms with Gasteiger partial charge < -0.3 is 19.2 Å². The van der Waals surface area contributed by atoms with Crippen LogP contribution in [0.25, 0.3) is 11.1 Å². The SMILES string of the molecule is O=CCCN1CCC2(CC1)COc1cc(OCc3cc(-c4ccccc4)cs3)ccc12. The smallest absolute Gasteiger partial charge is 0.126 e. The molecule has 0 N–H and O–H groups in total. The predicted octanol–water partition coefficient (Wildman–Crippen LogP) is 5.31. The Bertz CT molecular complexity index is 1040.